The van der Waals surface area contributed by atoms with Gasteiger partial charge in [-0.2, -0.15) is 0 Å². The summed E-state index contributed by atoms with van der Waals surface area (Å²) in [6.45, 7) is 0.383. The molecule has 88 valence electrons. The van der Waals surface area contributed by atoms with Gasteiger partial charge >= 0.3 is 0 Å². The molecule has 2 N–H and O–H groups in total. The normalized spacial score (nSPS) is 10.2. The van der Waals surface area contributed by atoms with Crippen molar-refractivity contribution in [2.75, 3.05) is 0 Å². The predicted octanol–water partition coefficient (Wildman–Crippen LogP) is 3.01. The molecule has 1 aromatic heterocycles. The number of thiazole rings is 1. The van der Waals surface area contributed by atoms with Crippen LogP contribution in [0.2, 0.25) is 5.02 Å². The van der Waals surface area contributed by atoms with Crippen molar-refractivity contribution in [2.24, 2.45) is 5.73 Å². The first-order valence-electron chi connectivity index (χ1n) is 4.77. The Morgan fingerprint density at radius 3 is 3.00 bits per heavy atom. The molecule has 0 atom stereocenters. The van der Waals surface area contributed by atoms with Crippen molar-refractivity contribution in [1.29, 1.82) is 0 Å². The van der Waals surface area contributed by atoms with E-state index < -0.39 is 0 Å². The summed E-state index contributed by atoms with van der Waals surface area (Å²) < 4.78 is 5.62. The Bertz CT molecular complexity index is 528. The van der Waals surface area contributed by atoms with E-state index in [0.717, 1.165) is 5.01 Å². The zero-order valence-electron chi connectivity index (χ0n) is 8.72. The first-order valence-corrected chi connectivity index (χ1v) is 6.44. The first kappa shape index (κ1) is 12.3. The van der Waals surface area contributed by atoms with Gasteiger partial charge in [-0.3, -0.25) is 0 Å². The van der Waals surface area contributed by atoms with Gasteiger partial charge in [-0.05, 0) is 18.2 Å². The van der Waals surface area contributed by atoms with Gasteiger partial charge in [-0.15, -0.1) is 11.3 Å². The molecule has 17 heavy (non-hydrogen) atoms. The van der Waals surface area contributed by atoms with Crippen molar-refractivity contribution in [3.8, 4) is 5.75 Å². The van der Waals surface area contributed by atoms with Crippen molar-refractivity contribution in [3.63, 3.8) is 0 Å². The van der Waals surface area contributed by atoms with Gasteiger partial charge in [-0.25, -0.2) is 4.98 Å². The maximum absolute atomic E-state index is 5.91. The molecule has 3 nitrogen and oxygen atoms in total. The molecule has 2 rings (SSSR count). The van der Waals surface area contributed by atoms with Crippen molar-refractivity contribution in [3.05, 3.63) is 45.4 Å². The van der Waals surface area contributed by atoms with Crippen LogP contribution in [0, 0.1) is 0 Å². The van der Waals surface area contributed by atoms with Crippen LogP contribution in [0.4, 0.5) is 0 Å². The third kappa shape index (κ3) is 3.15. The molecule has 2 aromatic rings. The molecule has 0 bridgehead atoms. The minimum Gasteiger partial charge on any atom is -0.486 e. The topological polar surface area (TPSA) is 48.1 Å². The lowest BCUT2D eigenvalue weighted by Gasteiger charge is -2.09. The molecule has 1 heterocycles. The molecule has 0 radical (unpaired) electrons. The van der Waals surface area contributed by atoms with Crippen molar-refractivity contribution >= 4 is 40.1 Å². The van der Waals surface area contributed by atoms with Crippen LogP contribution in [0.1, 0.15) is 10.6 Å². The van der Waals surface area contributed by atoms with Crippen LogP contribution in [-0.2, 0) is 6.61 Å². The zero-order chi connectivity index (χ0) is 12.3. The fraction of sp³-hybridized carbons (Fsp3) is 0.0909. The van der Waals surface area contributed by atoms with Crippen LogP contribution in [-0.4, -0.2) is 9.97 Å². The van der Waals surface area contributed by atoms with Gasteiger partial charge in [-0.1, -0.05) is 23.8 Å². The van der Waals surface area contributed by atoms with Crippen LogP contribution in [0.3, 0.4) is 0 Å². The molecule has 0 saturated heterocycles. The van der Waals surface area contributed by atoms with Crippen LogP contribution in [0.5, 0.6) is 5.75 Å². The van der Waals surface area contributed by atoms with Gasteiger partial charge in [0.25, 0.3) is 0 Å². The van der Waals surface area contributed by atoms with Gasteiger partial charge in [0.05, 0.1) is 5.56 Å². The van der Waals surface area contributed by atoms with Gasteiger partial charge in [0, 0.05) is 16.6 Å². The molecule has 6 heteroatoms. The summed E-state index contributed by atoms with van der Waals surface area (Å²) in [4.78, 5) is 4.41. The molecular formula is C11H9ClN2OS2. The van der Waals surface area contributed by atoms with E-state index in [9.17, 15) is 0 Å². The van der Waals surface area contributed by atoms with Crippen LogP contribution in [0.15, 0.2) is 29.8 Å². The Balaban J connectivity index is 2.19. The first-order chi connectivity index (χ1) is 8.16. The summed E-state index contributed by atoms with van der Waals surface area (Å²) >= 11 is 12.4. The Hall–Kier alpha value is -1.17. The highest BCUT2D eigenvalue weighted by molar-refractivity contribution is 7.80. The molecule has 1 aromatic carbocycles. The van der Waals surface area contributed by atoms with E-state index in [1.54, 1.807) is 24.4 Å². The molecule has 0 fully saturated rings. The van der Waals surface area contributed by atoms with Gasteiger partial charge in [0.15, 0.2) is 0 Å². The Morgan fingerprint density at radius 2 is 2.35 bits per heavy atom. The quantitative estimate of drug-likeness (QED) is 0.877. The monoisotopic (exact) mass is 284 g/mol. The smallest absolute Gasteiger partial charge is 0.140 e. The van der Waals surface area contributed by atoms with E-state index in [0.29, 0.717) is 22.9 Å². The van der Waals surface area contributed by atoms with Gasteiger partial charge in [0.2, 0.25) is 0 Å². The third-order valence-corrected chi connectivity index (χ3v) is 3.25. The molecule has 0 aliphatic carbocycles. The average Bonchev–Trinajstić information content (AvgIpc) is 2.78. The van der Waals surface area contributed by atoms with E-state index in [1.807, 2.05) is 5.38 Å². The molecule has 0 aliphatic heterocycles. The van der Waals surface area contributed by atoms with Crippen molar-refractivity contribution < 1.29 is 4.74 Å². The highest BCUT2D eigenvalue weighted by Gasteiger charge is 2.08. The molecule has 0 amide bonds. The minimum absolute atomic E-state index is 0.288. The predicted molar refractivity (Wildman–Crippen MR) is 73.8 cm³/mol. The van der Waals surface area contributed by atoms with E-state index in [1.165, 1.54) is 11.3 Å². The van der Waals surface area contributed by atoms with Gasteiger partial charge in [0.1, 0.15) is 22.4 Å². The summed E-state index contributed by atoms with van der Waals surface area (Å²) in [6, 6.07) is 5.18. The second-order valence-corrected chi connectivity index (χ2v) is 5.07. The number of halogens is 1. The number of rotatable bonds is 4. The second kappa shape index (κ2) is 5.44. The maximum atomic E-state index is 5.91. The number of ether oxygens (including phenoxy) is 1. The van der Waals surface area contributed by atoms with E-state index in [2.05, 4.69) is 4.98 Å². The molecular weight excluding hydrogens is 276 g/mol. The highest BCUT2D eigenvalue weighted by Crippen LogP contribution is 2.24. The largest absolute Gasteiger partial charge is 0.486 e. The molecule has 0 saturated carbocycles. The number of nitrogens with two attached hydrogens (primary N) is 1. The number of nitrogens with zero attached hydrogens (tertiary/aromatic N) is 1. The van der Waals surface area contributed by atoms with E-state index >= 15 is 0 Å². The van der Waals surface area contributed by atoms with E-state index in [4.69, 9.17) is 34.3 Å². The maximum Gasteiger partial charge on any atom is 0.140 e. The fourth-order valence-electron chi connectivity index (χ4n) is 1.28. The Labute approximate surface area is 113 Å². The second-order valence-electron chi connectivity index (χ2n) is 3.22. The molecule has 0 aliphatic rings. The third-order valence-electron chi connectivity index (χ3n) is 2.04. The number of thiocarbonyl (C=S) groups is 1. The summed E-state index contributed by atoms with van der Waals surface area (Å²) in [5.74, 6) is 0.584. The number of benzene rings is 1. The summed E-state index contributed by atoms with van der Waals surface area (Å²) in [5.41, 5.74) is 6.29. The lowest BCUT2D eigenvalue weighted by Crippen LogP contribution is -2.11. The molecule has 0 spiro atoms. The Kier molecular flexibility index (Phi) is 3.93. The number of hydrogen-bond acceptors (Lipinski definition) is 4. The lowest BCUT2D eigenvalue weighted by atomic mass is 10.2. The zero-order valence-corrected chi connectivity index (χ0v) is 11.1. The van der Waals surface area contributed by atoms with Crippen LogP contribution in [0.25, 0.3) is 0 Å². The minimum atomic E-state index is 0.288. The summed E-state index contributed by atoms with van der Waals surface area (Å²) in [6.07, 6.45) is 1.73. The fourth-order valence-corrected chi connectivity index (χ4v) is 2.14. The van der Waals surface area contributed by atoms with E-state index in [-0.39, 0.29) is 4.99 Å². The van der Waals surface area contributed by atoms with Crippen molar-refractivity contribution in [1.82, 2.24) is 4.98 Å². The lowest BCUT2D eigenvalue weighted by molar-refractivity contribution is 0.305. The van der Waals surface area contributed by atoms with Crippen LogP contribution >= 0.6 is 35.2 Å². The molecule has 0 unspecified atom stereocenters. The van der Waals surface area contributed by atoms with Crippen LogP contribution < -0.4 is 10.5 Å². The SMILES string of the molecule is NC(=S)c1ccc(Cl)cc1OCc1nccs1. The summed E-state index contributed by atoms with van der Waals surface area (Å²) in [7, 11) is 0. The van der Waals surface area contributed by atoms with Gasteiger partial charge < -0.3 is 10.5 Å². The standard InChI is InChI=1S/C11H9ClN2OS2/c12-7-1-2-8(11(13)16)9(5-7)15-6-10-14-3-4-17-10/h1-5H,6H2,(H2,13,16). The summed E-state index contributed by atoms with van der Waals surface area (Å²) in [5, 5.41) is 3.36. The van der Waals surface area contributed by atoms with Crippen molar-refractivity contribution in [2.45, 2.75) is 6.61 Å². The number of hydrogen-bond donors (Lipinski definition) is 1. The average molecular weight is 285 g/mol. The number of aromatic nitrogens is 1. The highest BCUT2D eigenvalue weighted by atomic mass is 35.5. The Morgan fingerprint density at radius 1 is 1.53 bits per heavy atom.